The summed E-state index contributed by atoms with van der Waals surface area (Å²) in [4.78, 5) is 9.12. The van der Waals surface area contributed by atoms with Gasteiger partial charge >= 0.3 is 0 Å². The average Bonchev–Trinajstić information content (AvgIpc) is 3.42. The van der Waals surface area contributed by atoms with Gasteiger partial charge in [-0.15, -0.1) is 59.7 Å². The van der Waals surface area contributed by atoms with Crippen molar-refractivity contribution in [1.29, 1.82) is 0 Å². The van der Waals surface area contributed by atoms with Gasteiger partial charge in [-0.25, -0.2) is 4.39 Å². The minimum atomic E-state index is -1.23. The molecule has 48 heavy (non-hydrogen) atoms. The van der Waals surface area contributed by atoms with Crippen molar-refractivity contribution in [2.75, 3.05) is 0 Å². The number of halogens is 1. The molecule has 4 aromatic carbocycles. The van der Waals surface area contributed by atoms with Crippen LogP contribution in [0.5, 0.6) is 0 Å². The second kappa shape index (κ2) is 14.8. The Morgan fingerprint density at radius 2 is 1.48 bits per heavy atom. The fourth-order valence-electron chi connectivity index (χ4n) is 5.58. The number of nitrogens with zero attached hydrogens (tertiary/aromatic N) is 2. The molecule has 0 spiro atoms. The first-order valence-corrected chi connectivity index (χ1v) is 20.3. The Labute approximate surface area is 302 Å². The molecule has 0 atom stereocenters. The van der Waals surface area contributed by atoms with E-state index in [9.17, 15) is 4.39 Å². The van der Waals surface area contributed by atoms with E-state index < -0.39 is 8.07 Å². The second-order valence-electron chi connectivity index (χ2n) is 14.2. The van der Waals surface area contributed by atoms with E-state index in [4.69, 9.17) is 0 Å². The van der Waals surface area contributed by atoms with Crippen molar-refractivity contribution in [2.24, 2.45) is 5.41 Å². The minimum Gasteiger partial charge on any atom is -0.305 e. The molecule has 0 aliphatic heterocycles. The number of aromatic nitrogens is 2. The minimum absolute atomic E-state index is 0. The molecular formula is C42H39FIrN2SSi-2. The number of rotatable bonds is 5. The third kappa shape index (κ3) is 8.61. The monoisotopic (exact) mass is 843 g/mol. The van der Waals surface area contributed by atoms with E-state index in [1.165, 1.54) is 43.1 Å². The molecule has 0 aliphatic carbocycles. The fourth-order valence-corrected chi connectivity index (χ4v) is 7.78. The van der Waals surface area contributed by atoms with Crippen LogP contribution in [0, 0.1) is 23.4 Å². The molecule has 3 heterocycles. The van der Waals surface area contributed by atoms with Crippen LogP contribution in [-0.4, -0.2) is 18.0 Å². The predicted molar refractivity (Wildman–Crippen MR) is 201 cm³/mol. The molecule has 0 amide bonds. The standard InChI is InChI=1S/C28H23FNS.C14H16NSi.Ir/c1-28(2,3)17-18-12-13-30-25(14-18)21-7-11-24-23-10-6-20(15-26(23)31-27(24)16-21)19-4-8-22(29)9-5-19;1-16(2,3)13-9-10-14(15-11-13)12-7-5-4-6-8-12;/h4-6,8-16H,17H2,1-3H3;4-7,9-11H,1-3H3;/q2*-1;. The smallest absolute Gasteiger partial charge is 0.123 e. The maximum absolute atomic E-state index is 13.3. The van der Waals surface area contributed by atoms with Crippen molar-refractivity contribution in [3.63, 3.8) is 0 Å². The topological polar surface area (TPSA) is 25.8 Å². The summed E-state index contributed by atoms with van der Waals surface area (Å²) in [5.41, 5.74) is 7.70. The van der Waals surface area contributed by atoms with Gasteiger partial charge in [0.15, 0.2) is 0 Å². The molecule has 7 rings (SSSR count). The van der Waals surface area contributed by atoms with Gasteiger partial charge in [-0.3, -0.25) is 0 Å². The maximum Gasteiger partial charge on any atom is 0.123 e. The van der Waals surface area contributed by atoms with E-state index >= 15 is 0 Å². The fraction of sp³-hybridized carbons (Fsp3) is 0.190. The summed E-state index contributed by atoms with van der Waals surface area (Å²) in [6.07, 6.45) is 4.93. The third-order valence-electron chi connectivity index (χ3n) is 8.03. The summed E-state index contributed by atoms with van der Waals surface area (Å²) in [5, 5.41) is 3.83. The number of hydrogen-bond acceptors (Lipinski definition) is 3. The normalized spacial score (nSPS) is 11.6. The first-order valence-electron chi connectivity index (χ1n) is 16.0. The SMILES string of the molecule is CC(C)(C)Cc1ccnc(-c2[c-]cc3c(c2)sc2cc(-c4ccc(F)cc4)ccc23)c1.C[Si](C)(C)c1ccc(-c2[c-]cccc2)nc1.[Ir]. The van der Waals surface area contributed by atoms with Gasteiger partial charge in [0.25, 0.3) is 0 Å². The molecule has 0 bridgehead atoms. The van der Waals surface area contributed by atoms with Gasteiger partial charge in [0, 0.05) is 37.2 Å². The molecule has 7 aromatic rings. The van der Waals surface area contributed by atoms with Crippen LogP contribution in [0.1, 0.15) is 26.3 Å². The van der Waals surface area contributed by atoms with Crippen LogP contribution in [0.25, 0.3) is 53.8 Å². The molecule has 1 radical (unpaired) electrons. The molecule has 245 valence electrons. The van der Waals surface area contributed by atoms with Crippen LogP contribution in [0.15, 0.2) is 116 Å². The Morgan fingerprint density at radius 3 is 2.15 bits per heavy atom. The van der Waals surface area contributed by atoms with Gasteiger partial charge in [-0.1, -0.05) is 93.8 Å². The largest absolute Gasteiger partial charge is 0.305 e. The van der Waals surface area contributed by atoms with Crippen LogP contribution in [0.3, 0.4) is 0 Å². The van der Waals surface area contributed by atoms with Gasteiger partial charge < -0.3 is 9.97 Å². The Morgan fingerprint density at radius 1 is 0.729 bits per heavy atom. The Kier molecular flexibility index (Phi) is 10.9. The van der Waals surface area contributed by atoms with Crippen molar-refractivity contribution >= 4 is 44.8 Å². The zero-order valence-corrected chi connectivity index (χ0v) is 32.4. The van der Waals surface area contributed by atoms with Gasteiger partial charge in [0.05, 0.1) is 8.07 Å². The predicted octanol–water partition coefficient (Wildman–Crippen LogP) is 11.4. The summed E-state index contributed by atoms with van der Waals surface area (Å²) >= 11 is 1.77. The zero-order chi connectivity index (χ0) is 33.2. The van der Waals surface area contributed by atoms with Gasteiger partial charge in [-0.2, -0.15) is 11.3 Å². The van der Waals surface area contributed by atoms with Crippen molar-refractivity contribution in [3.8, 4) is 33.6 Å². The summed E-state index contributed by atoms with van der Waals surface area (Å²) < 4.78 is 15.7. The summed E-state index contributed by atoms with van der Waals surface area (Å²) in [7, 11) is -1.23. The van der Waals surface area contributed by atoms with Crippen molar-refractivity contribution in [2.45, 2.75) is 46.8 Å². The molecule has 3 aromatic heterocycles. The van der Waals surface area contributed by atoms with Gasteiger partial charge in [0.1, 0.15) is 5.82 Å². The number of thiophene rings is 1. The molecule has 0 saturated heterocycles. The van der Waals surface area contributed by atoms with E-state index in [2.05, 4.69) is 117 Å². The summed E-state index contributed by atoms with van der Waals surface area (Å²) in [5.74, 6) is -0.213. The van der Waals surface area contributed by atoms with Crippen LogP contribution in [-0.2, 0) is 26.5 Å². The summed E-state index contributed by atoms with van der Waals surface area (Å²) in [6, 6.07) is 40.6. The van der Waals surface area contributed by atoms with Gasteiger partial charge in [-0.05, 0) is 73.9 Å². The summed E-state index contributed by atoms with van der Waals surface area (Å²) in [6.45, 7) is 13.8. The van der Waals surface area contributed by atoms with Crippen LogP contribution >= 0.6 is 11.3 Å². The third-order valence-corrected chi connectivity index (χ3v) is 11.2. The molecule has 6 heteroatoms. The molecule has 0 fully saturated rings. The van der Waals surface area contributed by atoms with E-state index in [-0.39, 0.29) is 31.3 Å². The van der Waals surface area contributed by atoms with Crippen molar-refractivity contribution in [1.82, 2.24) is 9.97 Å². The quantitative estimate of drug-likeness (QED) is 0.127. The Balaban J connectivity index is 0.000000224. The van der Waals surface area contributed by atoms with Gasteiger partial charge in [0.2, 0.25) is 0 Å². The first-order chi connectivity index (χ1) is 22.4. The Bertz CT molecular complexity index is 2130. The second-order valence-corrected chi connectivity index (χ2v) is 20.4. The van der Waals surface area contributed by atoms with Crippen molar-refractivity contribution < 1.29 is 24.5 Å². The molecule has 0 N–H and O–H groups in total. The van der Waals surface area contributed by atoms with E-state index in [0.717, 1.165) is 40.1 Å². The molecule has 2 nitrogen and oxygen atoms in total. The Hall–Kier alpha value is -3.80. The average molecular weight is 843 g/mol. The number of benzene rings is 4. The van der Waals surface area contributed by atoms with Crippen LogP contribution in [0.2, 0.25) is 19.6 Å². The van der Waals surface area contributed by atoms with Crippen molar-refractivity contribution in [3.05, 3.63) is 139 Å². The number of hydrogen-bond donors (Lipinski definition) is 0. The first kappa shape index (κ1) is 35.5. The van der Waals surface area contributed by atoms with Crippen LogP contribution in [0.4, 0.5) is 4.39 Å². The molecule has 0 saturated carbocycles. The van der Waals surface area contributed by atoms with Crippen LogP contribution < -0.4 is 5.19 Å². The maximum atomic E-state index is 13.3. The van der Waals surface area contributed by atoms with E-state index in [1.54, 1.807) is 11.3 Å². The van der Waals surface area contributed by atoms with E-state index in [1.807, 2.05) is 48.8 Å². The van der Waals surface area contributed by atoms with E-state index in [0.29, 0.717) is 0 Å². The zero-order valence-electron chi connectivity index (χ0n) is 28.2. The molecule has 0 unspecified atom stereocenters. The molecular weight excluding hydrogens is 804 g/mol. The molecule has 0 aliphatic rings. The number of fused-ring (bicyclic) bond motifs is 3. The number of pyridine rings is 2.